The predicted molar refractivity (Wildman–Crippen MR) is 370 cm³/mol. The second kappa shape index (κ2) is 55.0. The fourth-order valence-electron chi connectivity index (χ4n) is 12.6. The Morgan fingerprint density at radius 2 is 0.776 bits per heavy atom. The van der Waals surface area contributed by atoms with E-state index in [1.165, 1.54) is 160 Å². The van der Waals surface area contributed by atoms with Crippen LogP contribution >= 0.6 is 7.82 Å². The molecule has 0 bridgehead atoms. The first kappa shape index (κ1) is 89.7. The zero-order valence-electron chi connectivity index (χ0n) is 59.8. The van der Waals surface area contributed by atoms with Crippen molar-refractivity contribution in [3.05, 3.63) is 24.3 Å². The van der Waals surface area contributed by atoms with Gasteiger partial charge in [-0.05, 0) is 25.7 Å². The van der Waals surface area contributed by atoms with Crippen LogP contribution in [0.3, 0.4) is 0 Å². The number of hydrogen-bond donors (Lipinski definition) is 11. The van der Waals surface area contributed by atoms with Crippen LogP contribution in [0.1, 0.15) is 290 Å². The Morgan fingerprint density at radius 3 is 1.18 bits per heavy atom. The van der Waals surface area contributed by atoms with Crippen LogP contribution in [0.25, 0.3) is 0 Å². The van der Waals surface area contributed by atoms with E-state index in [9.17, 15) is 74.9 Å². The van der Waals surface area contributed by atoms with Gasteiger partial charge in [-0.15, -0.1) is 0 Å². The Bertz CT molecular complexity index is 2120. The first-order valence-electron chi connectivity index (χ1n) is 38.2. The van der Waals surface area contributed by atoms with Gasteiger partial charge in [0, 0.05) is 18.9 Å². The number of carbonyl (C=O) groups is 3. The molecule has 3 rings (SSSR count). The molecule has 2 saturated heterocycles. The standard InChI is InChI=1S/C73H133O24P/c1-4-7-10-13-16-19-22-25-27-30-33-36-39-42-45-48-58(76)90-53-56-61(79)63(81)68(86)73(94-56)96-70-66(84)64(82)65(83)69(95-72-67(85)62(80)60(78)55(50-74)93-72)71(70)97-98(87,88)91-52-54(51-89-57(75)47-44-41-38-35-32-29-24-21-18-15-12-9-6-3)92-59(77)49-46-43-40-37-34-31-28-26-23-20-17-14-11-8-5-2/h40,43,46,49,54-56,60-74,78-86H,4-39,41-42,44-45,47-48,50-53H2,1-3H3,(H,87,88)/b43-40+,49-46+. The van der Waals surface area contributed by atoms with E-state index in [2.05, 4.69) is 20.8 Å². The number of carbonyl (C=O) groups excluding carboxylic acids is 3. The van der Waals surface area contributed by atoms with Crippen LogP contribution in [0, 0.1) is 0 Å². The lowest BCUT2D eigenvalue weighted by molar-refractivity contribution is -0.360. The highest BCUT2D eigenvalue weighted by Crippen LogP contribution is 2.49. The van der Waals surface area contributed by atoms with Crippen molar-refractivity contribution in [3.8, 4) is 0 Å². The van der Waals surface area contributed by atoms with Crippen LogP contribution in [0.2, 0.25) is 0 Å². The maximum Gasteiger partial charge on any atom is 0.472 e. The number of esters is 3. The van der Waals surface area contributed by atoms with E-state index in [4.69, 9.17) is 42.2 Å². The minimum atomic E-state index is -5.72. The third-order valence-electron chi connectivity index (χ3n) is 18.8. The monoisotopic (exact) mass is 1420 g/mol. The van der Waals surface area contributed by atoms with E-state index >= 15 is 0 Å². The maximum atomic E-state index is 14.3. The molecule has 18 unspecified atom stereocenters. The largest absolute Gasteiger partial charge is 0.472 e. The Balaban J connectivity index is 1.75. The number of aliphatic hydroxyl groups is 10. The summed E-state index contributed by atoms with van der Waals surface area (Å²) in [6.45, 7) is 3.35. The molecule has 1 saturated carbocycles. The smallest absolute Gasteiger partial charge is 0.463 e. The van der Waals surface area contributed by atoms with Crippen LogP contribution < -0.4 is 0 Å². The summed E-state index contributed by atoms with van der Waals surface area (Å²) in [4.78, 5) is 50.9. The van der Waals surface area contributed by atoms with Crippen molar-refractivity contribution in [2.24, 2.45) is 0 Å². The zero-order valence-corrected chi connectivity index (χ0v) is 60.7. The van der Waals surface area contributed by atoms with Gasteiger partial charge >= 0.3 is 25.7 Å². The number of aliphatic hydroxyl groups excluding tert-OH is 10. The van der Waals surface area contributed by atoms with Gasteiger partial charge in [-0.25, -0.2) is 9.36 Å². The summed E-state index contributed by atoms with van der Waals surface area (Å²) in [7, 11) is -5.72. The van der Waals surface area contributed by atoms with Crippen molar-refractivity contribution >= 4 is 25.7 Å². The van der Waals surface area contributed by atoms with Gasteiger partial charge in [0.1, 0.15) is 98.7 Å². The molecule has 1 aliphatic carbocycles. The van der Waals surface area contributed by atoms with E-state index in [0.29, 0.717) is 12.8 Å². The summed E-state index contributed by atoms with van der Waals surface area (Å²) in [6, 6.07) is 0. The van der Waals surface area contributed by atoms with Gasteiger partial charge in [0.15, 0.2) is 18.7 Å². The normalized spacial score (nSPS) is 27.7. The third kappa shape index (κ3) is 37.7. The average Bonchev–Trinajstić information content (AvgIpc) is 0.762. The summed E-state index contributed by atoms with van der Waals surface area (Å²) in [5, 5.41) is 110. The summed E-state index contributed by atoms with van der Waals surface area (Å²) in [5.74, 6) is -2.24. The topological polar surface area (TPSA) is 374 Å². The van der Waals surface area contributed by atoms with E-state index in [1.807, 2.05) is 6.08 Å². The molecule has 0 amide bonds. The Hall–Kier alpha value is -2.56. The molecule has 3 fully saturated rings. The van der Waals surface area contributed by atoms with Crippen molar-refractivity contribution in [2.45, 2.75) is 395 Å². The summed E-state index contributed by atoms with van der Waals surface area (Å²) >= 11 is 0. The first-order chi connectivity index (χ1) is 47.3. The molecule has 18 atom stereocenters. The summed E-state index contributed by atoms with van der Waals surface area (Å²) in [6.07, 6.45) is 16.0. The number of rotatable bonds is 59. The molecule has 3 aliphatic rings. The van der Waals surface area contributed by atoms with Gasteiger partial charge in [-0.2, -0.15) is 0 Å². The molecule has 98 heavy (non-hydrogen) atoms. The van der Waals surface area contributed by atoms with E-state index in [-0.39, 0.29) is 12.8 Å². The molecule has 25 heteroatoms. The fraction of sp³-hybridized carbons (Fsp3) is 0.904. The van der Waals surface area contributed by atoms with Crippen molar-refractivity contribution < 1.29 is 117 Å². The molecule has 24 nitrogen and oxygen atoms in total. The van der Waals surface area contributed by atoms with Gasteiger partial charge in [0.05, 0.1) is 13.2 Å². The molecule has 0 aromatic rings. The third-order valence-corrected chi connectivity index (χ3v) is 19.8. The van der Waals surface area contributed by atoms with Crippen LogP contribution in [0.15, 0.2) is 24.3 Å². The second-order valence-electron chi connectivity index (χ2n) is 27.4. The Kier molecular flexibility index (Phi) is 50.3. The number of phosphoric ester groups is 1. The average molecular weight is 1430 g/mol. The minimum absolute atomic E-state index is 0.0286. The number of unbranched alkanes of at least 4 members (excludes halogenated alkanes) is 37. The molecule has 2 heterocycles. The number of ether oxygens (including phenoxy) is 7. The molecule has 11 N–H and O–H groups in total. The lowest BCUT2D eigenvalue weighted by Crippen LogP contribution is -2.69. The summed E-state index contributed by atoms with van der Waals surface area (Å²) in [5.41, 5.74) is 0. The maximum absolute atomic E-state index is 14.3. The van der Waals surface area contributed by atoms with Crippen molar-refractivity contribution in [1.29, 1.82) is 0 Å². The van der Waals surface area contributed by atoms with Crippen LogP contribution in [0.5, 0.6) is 0 Å². The molecule has 0 spiro atoms. The van der Waals surface area contributed by atoms with Gasteiger partial charge in [-0.1, -0.05) is 270 Å². The van der Waals surface area contributed by atoms with E-state index in [1.54, 1.807) is 6.08 Å². The highest BCUT2D eigenvalue weighted by atomic mass is 31.2. The van der Waals surface area contributed by atoms with E-state index < -0.39 is 156 Å². The highest BCUT2D eigenvalue weighted by molar-refractivity contribution is 7.47. The van der Waals surface area contributed by atoms with Gasteiger partial charge < -0.3 is 89.1 Å². The first-order valence-corrected chi connectivity index (χ1v) is 39.7. The van der Waals surface area contributed by atoms with Crippen LogP contribution in [-0.2, 0) is 61.2 Å². The Labute approximate surface area is 585 Å². The minimum Gasteiger partial charge on any atom is -0.463 e. The zero-order chi connectivity index (χ0) is 71.8. The predicted octanol–water partition coefficient (Wildman–Crippen LogP) is 10.5. The second-order valence-corrected chi connectivity index (χ2v) is 28.9. The Morgan fingerprint density at radius 1 is 0.418 bits per heavy atom. The lowest BCUT2D eigenvalue weighted by Gasteiger charge is -2.49. The van der Waals surface area contributed by atoms with Crippen LogP contribution in [-0.4, -0.2) is 204 Å². The van der Waals surface area contributed by atoms with Crippen molar-refractivity contribution in [3.63, 3.8) is 0 Å². The van der Waals surface area contributed by atoms with Crippen molar-refractivity contribution in [2.75, 3.05) is 26.4 Å². The SMILES string of the molecule is CCCCCCCCCCCCC/C=C/C=C/C(=O)OC(COC(=O)CCCCCCCCCCCCCCC)COP(=O)(O)OC1C(OC2OC(CO)C(O)C(O)C2O)C(O)C(O)C(O)C1OC1OC(COC(=O)CCCCCCCCCCCCCCCCC)C(O)C(O)C1O. The molecule has 0 aromatic carbocycles. The molecule has 0 aromatic heterocycles. The van der Waals surface area contributed by atoms with Gasteiger partial charge in [0.2, 0.25) is 0 Å². The van der Waals surface area contributed by atoms with Gasteiger partial charge in [0.25, 0.3) is 0 Å². The molecule has 0 radical (unpaired) electrons. The molecular weight excluding hydrogens is 1290 g/mol. The highest BCUT2D eigenvalue weighted by Gasteiger charge is 2.58. The molecule has 2 aliphatic heterocycles. The number of hydrogen-bond acceptors (Lipinski definition) is 23. The summed E-state index contributed by atoms with van der Waals surface area (Å²) < 4.78 is 64.8. The lowest BCUT2D eigenvalue weighted by atomic mass is 9.84. The number of phosphoric acid groups is 1. The quantitative estimate of drug-likeness (QED) is 0.00673. The number of allylic oxidation sites excluding steroid dienone is 3. The fourth-order valence-corrected chi connectivity index (χ4v) is 13.6. The van der Waals surface area contributed by atoms with Crippen LogP contribution in [0.4, 0.5) is 0 Å². The van der Waals surface area contributed by atoms with E-state index in [0.717, 1.165) is 96.0 Å². The van der Waals surface area contributed by atoms with Crippen molar-refractivity contribution in [1.82, 2.24) is 0 Å². The molecular formula is C73H133O24P. The van der Waals surface area contributed by atoms with Gasteiger partial charge in [-0.3, -0.25) is 18.6 Å². The molecule has 574 valence electrons.